The molecule has 3 heteroatoms. The van der Waals surface area contributed by atoms with Crippen molar-refractivity contribution in [1.29, 1.82) is 0 Å². The Morgan fingerprint density at radius 2 is 1.72 bits per heavy atom. The summed E-state index contributed by atoms with van der Waals surface area (Å²) in [5, 5.41) is 1.30. The Labute approximate surface area is 111 Å². The van der Waals surface area contributed by atoms with E-state index in [1.807, 2.05) is 14.2 Å². The first kappa shape index (κ1) is 12.4. The summed E-state index contributed by atoms with van der Waals surface area (Å²) in [6, 6.07) is 10.6. The lowest BCUT2D eigenvalue weighted by atomic mass is 10.0. The highest BCUT2D eigenvalue weighted by molar-refractivity contribution is 6.82. The van der Waals surface area contributed by atoms with Crippen LogP contribution in [-0.2, 0) is 8.85 Å². The summed E-state index contributed by atoms with van der Waals surface area (Å²) in [7, 11) is 1.44. The third-order valence-electron chi connectivity index (χ3n) is 5.01. The number of hydrogen-bond acceptors (Lipinski definition) is 2. The summed E-state index contributed by atoms with van der Waals surface area (Å²) >= 11 is 0. The van der Waals surface area contributed by atoms with Gasteiger partial charge in [0.2, 0.25) is 0 Å². The lowest BCUT2D eigenvalue weighted by Crippen LogP contribution is -2.57. The van der Waals surface area contributed by atoms with Crippen LogP contribution in [0.5, 0.6) is 0 Å². The molecule has 1 aromatic carbocycles. The van der Waals surface area contributed by atoms with Crippen LogP contribution in [-0.4, -0.2) is 22.8 Å². The quantitative estimate of drug-likeness (QED) is 0.777. The van der Waals surface area contributed by atoms with Crippen LogP contribution >= 0.6 is 0 Å². The molecule has 18 heavy (non-hydrogen) atoms. The van der Waals surface area contributed by atoms with Crippen LogP contribution in [0.3, 0.4) is 0 Å². The second-order valence-corrected chi connectivity index (χ2v) is 9.19. The third kappa shape index (κ3) is 1.76. The summed E-state index contributed by atoms with van der Waals surface area (Å²) in [5.41, 5.74) is 0.647. The molecular formula is C15H22O2Si. The molecule has 2 aliphatic carbocycles. The molecule has 3 atom stereocenters. The Morgan fingerprint density at radius 3 is 2.22 bits per heavy atom. The molecule has 3 rings (SSSR count). The second-order valence-electron chi connectivity index (χ2n) is 5.72. The molecule has 0 radical (unpaired) electrons. The molecule has 2 fully saturated rings. The van der Waals surface area contributed by atoms with Crippen molar-refractivity contribution >= 4 is 13.7 Å². The molecular weight excluding hydrogens is 240 g/mol. The van der Waals surface area contributed by atoms with Crippen molar-refractivity contribution in [2.75, 3.05) is 14.2 Å². The highest BCUT2D eigenvalue weighted by atomic mass is 28.4. The number of rotatable bonds is 4. The minimum Gasteiger partial charge on any atom is -0.394 e. The average molecular weight is 262 g/mol. The maximum atomic E-state index is 6.03. The summed E-state index contributed by atoms with van der Waals surface area (Å²) < 4.78 is 12.1. The molecule has 0 aliphatic heterocycles. The van der Waals surface area contributed by atoms with Gasteiger partial charge in [0, 0.05) is 19.8 Å². The van der Waals surface area contributed by atoms with E-state index in [9.17, 15) is 0 Å². The molecule has 0 amide bonds. The van der Waals surface area contributed by atoms with E-state index in [0.717, 1.165) is 11.8 Å². The molecule has 2 saturated carbocycles. The van der Waals surface area contributed by atoms with E-state index in [0.29, 0.717) is 5.54 Å². The average Bonchev–Trinajstić information content (AvgIpc) is 3.05. The Balaban J connectivity index is 1.96. The lowest BCUT2D eigenvalue weighted by molar-refractivity contribution is 0.228. The highest BCUT2D eigenvalue weighted by Crippen LogP contribution is 2.55. The fourth-order valence-electron chi connectivity index (χ4n) is 4.22. The number of benzene rings is 1. The zero-order chi connectivity index (χ0) is 12.6. The van der Waals surface area contributed by atoms with Gasteiger partial charge in [0.15, 0.2) is 0 Å². The van der Waals surface area contributed by atoms with Gasteiger partial charge < -0.3 is 8.85 Å². The van der Waals surface area contributed by atoms with Crippen molar-refractivity contribution in [2.24, 2.45) is 11.8 Å². The van der Waals surface area contributed by atoms with Crippen LogP contribution < -0.4 is 5.19 Å². The third-order valence-corrected chi connectivity index (χ3v) is 9.04. The maximum absolute atomic E-state index is 6.03. The first-order valence-corrected chi connectivity index (χ1v) is 8.85. The summed E-state index contributed by atoms with van der Waals surface area (Å²) in [4.78, 5) is 0. The van der Waals surface area contributed by atoms with Crippen LogP contribution in [0.2, 0.25) is 5.54 Å². The van der Waals surface area contributed by atoms with Gasteiger partial charge in [-0.15, -0.1) is 0 Å². The molecule has 1 aromatic rings. The number of hydrogen-bond donors (Lipinski definition) is 0. The van der Waals surface area contributed by atoms with Gasteiger partial charge in [0.05, 0.1) is 0 Å². The molecule has 2 bridgehead atoms. The van der Waals surface area contributed by atoms with Crippen molar-refractivity contribution in [3.63, 3.8) is 0 Å². The van der Waals surface area contributed by atoms with Gasteiger partial charge in [0.25, 0.3) is 0 Å². The van der Waals surface area contributed by atoms with E-state index in [2.05, 4.69) is 30.3 Å². The van der Waals surface area contributed by atoms with Crippen LogP contribution in [0.15, 0.2) is 30.3 Å². The monoisotopic (exact) mass is 262 g/mol. The van der Waals surface area contributed by atoms with Gasteiger partial charge in [0.1, 0.15) is 0 Å². The zero-order valence-electron chi connectivity index (χ0n) is 11.3. The van der Waals surface area contributed by atoms with E-state index in [1.54, 1.807) is 0 Å². The highest BCUT2D eigenvalue weighted by Gasteiger charge is 2.55. The molecule has 2 nitrogen and oxygen atoms in total. The van der Waals surface area contributed by atoms with Gasteiger partial charge in [-0.2, -0.15) is 0 Å². The molecule has 0 spiro atoms. The Hall–Kier alpha value is -0.643. The minimum absolute atomic E-state index is 0.647. The fraction of sp³-hybridized carbons (Fsp3) is 0.600. The smallest absolute Gasteiger partial charge is 0.375 e. The largest absolute Gasteiger partial charge is 0.394 e. The Bertz CT molecular complexity index is 402. The minimum atomic E-state index is -2.24. The number of fused-ring (bicyclic) bond motifs is 2. The molecule has 0 saturated heterocycles. The van der Waals surface area contributed by atoms with E-state index in [4.69, 9.17) is 8.85 Å². The summed E-state index contributed by atoms with van der Waals surface area (Å²) in [5.74, 6) is 1.77. The normalized spacial score (nSPS) is 30.9. The molecule has 2 aliphatic rings. The predicted octanol–water partition coefficient (Wildman–Crippen LogP) is 2.82. The Kier molecular flexibility index (Phi) is 3.30. The van der Waals surface area contributed by atoms with Gasteiger partial charge in [-0.3, -0.25) is 0 Å². The van der Waals surface area contributed by atoms with Crippen molar-refractivity contribution in [3.8, 4) is 0 Å². The van der Waals surface area contributed by atoms with Crippen molar-refractivity contribution in [2.45, 2.75) is 31.2 Å². The SMILES string of the molecule is CO[Si](OC)(c1ccccc1)C1CC2CCC1C2. The van der Waals surface area contributed by atoms with Crippen LogP contribution in [0.25, 0.3) is 0 Å². The van der Waals surface area contributed by atoms with E-state index in [-0.39, 0.29) is 0 Å². The molecule has 98 valence electrons. The molecule has 0 aromatic heterocycles. The lowest BCUT2D eigenvalue weighted by Gasteiger charge is -2.37. The standard InChI is InChI=1S/C15H22O2Si/c1-16-18(17-2,14-6-4-3-5-7-14)15-11-12-8-9-13(15)10-12/h3-7,12-13,15H,8-11H2,1-2H3. The molecule has 0 heterocycles. The van der Waals surface area contributed by atoms with E-state index < -0.39 is 8.56 Å². The fourth-order valence-corrected chi connectivity index (χ4v) is 8.11. The van der Waals surface area contributed by atoms with Crippen LogP contribution in [0, 0.1) is 11.8 Å². The van der Waals surface area contributed by atoms with Crippen LogP contribution in [0.1, 0.15) is 25.7 Å². The van der Waals surface area contributed by atoms with Crippen molar-refractivity contribution in [1.82, 2.24) is 0 Å². The first-order valence-electron chi connectivity index (χ1n) is 6.96. The molecule has 3 unspecified atom stereocenters. The summed E-state index contributed by atoms with van der Waals surface area (Å²) in [6.07, 6.45) is 5.52. The summed E-state index contributed by atoms with van der Waals surface area (Å²) in [6.45, 7) is 0. The van der Waals surface area contributed by atoms with Crippen molar-refractivity contribution < 1.29 is 8.85 Å². The van der Waals surface area contributed by atoms with E-state index in [1.165, 1.54) is 30.9 Å². The van der Waals surface area contributed by atoms with Gasteiger partial charge >= 0.3 is 8.56 Å². The first-order chi connectivity index (χ1) is 8.80. The molecule has 0 N–H and O–H groups in total. The van der Waals surface area contributed by atoms with Gasteiger partial charge in [-0.1, -0.05) is 36.8 Å². The van der Waals surface area contributed by atoms with Gasteiger partial charge in [-0.05, 0) is 36.3 Å². The van der Waals surface area contributed by atoms with E-state index >= 15 is 0 Å². The maximum Gasteiger partial charge on any atom is 0.375 e. The Morgan fingerprint density at radius 1 is 1.00 bits per heavy atom. The second kappa shape index (κ2) is 4.80. The van der Waals surface area contributed by atoms with Crippen LogP contribution in [0.4, 0.5) is 0 Å². The predicted molar refractivity (Wildman–Crippen MR) is 75.0 cm³/mol. The topological polar surface area (TPSA) is 18.5 Å². The van der Waals surface area contributed by atoms with Crippen molar-refractivity contribution in [3.05, 3.63) is 30.3 Å². The zero-order valence-corrected chi connectivity index (χ0v) is 12.3. The van der Waals surface area contributed by atoms with Gasteiger partial charge in [-0.25, -0.2) is 0 Å².